The Morgan fingerprint density at radius 2 is 1.83 bits per heavy atom. The van der Waals surface area contributed by atoms with Gasteiger partial charge in [-0.25, -0.2) is 0 Å². The molecule has 0 aromatic rings. The Kier molecular flexibility index (Phi) is 5.93. The van der Waals surface area contributed by atoms with Crippen LogP contribution in [0.15, 0.2) is 35.5 Å². The van der Waals surface area contributed by atoms with Gasteiger partial charge in [0.25, 0.3) is 0 Å². The lowest BCUT2D eigenvalue weighted by atomic mass is 9.46. The summed E-state index contributed by atoms with van der Waals surface area (Å²) in [6.45, 7) is 18.8. The second-order valence-corrected chi connectivity index (χ2v) is 12.2. The van der Waals surface area contributed by atoms with E-state index in [1.165, 1.54) is 50.5 Å². The van der Waals surface area contributed by atoms with E-state index in [0.29, 0.717) is 34.5 Å². The maximum Gasteiger partial charge on any atom is 0.0568 e. The predicted octanol–water partition coefficient (Wildman–Crippen LogP) is 7.72. The molecule has 0 aromatic heterocycles. The van der Waals surface area contributed by atoms with Crippen molar-refractivity contribution in [1.82, 2.24) is 0 Å². The summed E-state index contributed by atoms with van der Waals surface area (Å²) < 4.78 is 0. The van der Waals surface area contributed by atoms with Gasteiger partial charge in [-0.15, -0.1) is 0 Å². The molecule has 0 aromatic carbocycles. The first-order chi connectivity index (χ1) is 14.1. The molecule has 0 radical (unpaired) electrons. The predicted molar refractivity (Wildman–Crippen MR) is 128 cm³/mol. The number of hydrogen-bond acceptors (Lipinski definition) is 1. The molecule has 4 rings (SSSR count). The maximum atomic E-state index is 10.5. The van der Waals surface area contributed by atoms with Crippen LogP contribution in [0.25, 0.3) is 0 Å². The Bertz CT molecular complexity index is 741. The highest BCUT2D eigenvalue weighted by molar-refractivity contribution is 5.36. The number of fused-ring (bicyclic) bond motifs is 5. The molecule has 4 aliphatic carbocycles. The highest BCUT2D eigenvalue weighted by atomic mass is 16.3. The molecule has 1 nitrogen and oxygen atoms in total. The third kappa shape index (κ3) is 3.39. The Balaban J connectivity index is 1.53. The Hall–Kier alpha value is -0.820. The minimum absolute atomic E-state index is 0.0897. The molecule has 1 N–H and O–H groups in total. The van der Waals surface area contributed by atoms with Crippen molar-refractivity contribution in [1.29, 1.82) is 0 Å². The van der Waals surface area contributed by atoms with E-state index in [2.05, 4.69) is 60.3 Å². The average Bonchev–Trinajstić information content (AvgIpc) is 3.06. The summed E-state index contributed by atoms with van der Waals surface area (Å²) in [5.74, 6) is 3.85. The zero-order valence-electron chi connectivity index (χ0n) is 20.5. The zero-order chi connectivity index (χ0) is 21.8. The summed E-state index contributed by atoms with van der Waals surface area (Å²) in [6.07, 6.45) is 15.0. The molecule has 30 heavy (non-hydrogen) atoms. The van der Waals surface area contributed by atoms with E-state index in [-0.39, 0.29) is 6.10 Å². The van der Waals surface area contributed by atoms with Gasteiger partial charge in [0.15, 0.2) is 0 Å². The van der Waals surface area contributed by atoms with E-state index in [0.717, 1.165) is 18.3 Å². The van der Waals surface area contributed by atoms with Gasteiger partial charge in [0.05, 0.1) is 6.10 Å². The van der Waals surface area contributed by atoms with Gasteiger partial charge in [-0.2, -0.15) is 0 Å². The summed E-state index contributed by atoms with van der Waals surface area (Å²) in [7, 11) is 0. The molecule has 0 heterocycles. The highest BCUT2D eigenvalue weighted by Gasteiger charge is 2.57. The monoisotopic (exact) mass is 410 g/mol. The quantitative estimate of drug-likeness (QED) is 0.460. The third-order valence-electron chi connectivity index (χ3n) is 10.5. The summed E-state index contributed by atoms with van der Waals surface area (Å²) in [6, 6.07) is 0. The van der Waals surface area contributed by atoms with Crippen LogP contribution in [0, 0.1) is 46.3 Å². The summed E-state index contributed by atoms with van der Waals surface area (Å²) in [5.41, 5.74) is 5.73. The fourth-order valence-electron chi connectivity index (χ4n) is 8.18. The van der Waals surface area contributed by atoms with Crippen LogP contribution in [-0.4, -0.2) is 11.2 Å². The molecule has 0 saturated heterocycles. The third-order valence-corrected chi connectivity index (χ3v) is 10.5. The van der Waals surface area contributed by atoms with Gasteiger partial charge in [0.1, 0.15) is 0 Å². The lowest BCUT2D eigenvalue weighted by Gasteiger charge is -2.59. The van der Waals surface area contributed by atoms with Crippen molar-refractivity contribution in [3.8, 4) is 0 Å². The van der Waals surface area contributed by atoms with Crippen LogP contribution in [-0.2, 0) is 0 Å². The van der Waals surface area contributed by atoms with Crippen molar-refractivity contribution in [2.75, 3.05) is 0 Å². The van der Waals surface area contributed by atoms with Crippen LogP contribution in [0.4, 0.5) is 0 Å². The van der Waals surface area contributed by atoms with E-state index >= 15 is 0 Å². The minimum atomic E-state index is -0.0897. The second-order valence-electron chi connectivity index (χ2n) is 12.2. The maximum absolute atomic E-state index is 10.5. The molecule has 0 aliphatic heterocycles. The fraction of sp³-hybridized carbons (Fsp3) is 0.793. The van der Waals surface area contributed by atoms with Gasteiger partial charge in [-0.3, -0.25) is 0 Å². The van der Waals surface area contributed by atoms with Crippen LogP contribution in [0.3, 0.4) is 0 Å². The van der Waals surface area contributed by atoms with Crippen LogP contribution < -0.4 is 0 Å². The van der Waals surface area contributed by atoms with Crippen LogP contribution in [0.5, 0.6) is 0 Å². The lowest BCUT2D eigenvalue weighted by molar-refractivity contribution is -0.0727. The molecule has 8 unspecified atom stereocenters. The van der Waals surface area contributed by atoms with Crippen molar-refractivity contribution in [3.05, 3.63) is 35.5 Å². The van der Waals surface area contributed by atoms with Crippen molar-refractivity contribution < 1.29 is 5.11 Å². The average molecular weight is 411 g/mol. The standard InChI is InChI=1S/C29H46O/c1-18(2)19(3)8-9-20(4)23-12-13-25-22-10-11-24-21(5)27(30)15-17-29(24,7)26(22)14-16-28(23,25)6/h10,12,18,20-21,24-27,30H,3,8-9,11,13-17H2,1-2,4-7H3. The van der Waals surface area contributed by atoms with Crippen molar-refractivity contribution in [2.45, 2.75) is 99.0 Å². The number of hydrogen-bond donors (Lipinski definition) is 1. The van der Waals surface area contributed by atoms with Gasteiger partial charge < -0.3 is 5.11 Å². The normalized spacial score (nSPS) is 43.9. The topological polar surface area (TPSA) is 20.2 Å². The molecule has 1 heteroatoms. The van der Waals surface area contributed by atoms with Crippen molar-refractivity contribution in [3.63, 3.8) is 0 Å². The Morgan fingerprint density at radius 3 is 2.53 bits per heavy atom. The molecule has 0 bridgehead atoms. The largest absolute Gasteiger partial charge is 0.393 e. The molecule has 2 fully saturated rings. The minimum Gasteiger partial charge on any atom is -0.393 e. The first kappa shape index (κ1) is 22.4. The summed E-state index contributed by atoms with van der Waals surface area (Å²) >= 11 is 0. The second kappa shape index (κ2) is 7.95. The highest BCUT2D eigenvalue weighted by Crippen LogP contribution is 2.66. The number of aliphatic hydroxyl groups is 1. The molecule has 2 saturated carbocycles. The Morgan fingerprint density at radius 1 is 1.10 bits per heavy atom. The smallest absolute Gasteiger partial charge is 0.0568 e. The first-order valence-electron chi connectivity index (χ1n) is 12.9. The van der Waals surface area contributed by atoms with E-state index in [1.807, 2.05) is 0 Å². The SMILES string of the molecule is C=C(CCC(C)C1=CCC2C3=CCC4C(C)C(O)CCC4(C)C3CCC12C)C(C)C. The lowest BCUT2D eigenvalue weighted by Crippen LogP contribution is -2.52. The molecular formula is C29H46O. The Labute approximate surface area is 186 Å². The fourth-order valence-corrected chi connectivity index (χ4v) is 8.18. The van der Waals surface area contributed by atoms with Gasteiger partial charge in [0.2, 0.25) is 0 Å². The van der Waals surface area contributed by atoms with Crippen LogP contribution in [0.2, 0.25) is 0 Å². The zero-order valence-corrected chi connectivity index (χ0v) is 20.5. The van der Waals surface area contributed by atoms with Gasteiger partial charge >= 0.3 is 0 Å². The van der Waals surface area contributed by atoms with Crippen molar-refractivity contribution in [2.24, 2.45) is 46.3 Å². The molecule has 8 atom stereocenters. The number of rotatable bonds is 5. The van der Waals surface area contributed by atoms with Crippen molar-refractivity contribution >= 4 is 0 Å². The molecule has 4 aliphatic rings. The first-order valence-corrected chi connectivity index (χ1v) is 12.9. The molecule has 0 spiro atoms. The number of aliphatic hydroxyl groups excluding tert-OH is 1. The molecular weight excluding hydrogens is 364 g/mol. The van der Waals surface area contributed by atoms with E-state index in [9.17, 15) is 5.11 Å². The van der Waals surface area contributed by atoms with Gasteiger partial charge in [-0.1, -0.05) is 77.0 Å². The van der Waals surface area contributed by atoms with E-state index in [1.54, 1.807) is 11.1 Å². The van der Waals surface area contributed by atoms with Crippen LogP contribution in [0.1, 0.15) is 92.9 Å². The van der Waals surface area contributed by atoms with Crippen LogP contribution >= 0.6 is 0 Å². The number of allylic oxidation sites excluding steroid dienone is 5. The summed E-state index contributed by atoms with van der Waals surface area (Å²) in [4.78, 5) is 0. The van der Waals surface area contributed by atoms with Gasteiger partial charge in [-0.05, 0) is 97.7 Å². The molecule has 168 valence electrons. The molecule has 0 amide bonds. The van der Waals surface area contributed by atoms with Gasteiger partial charge in [0, 0.05) is 0 Å². The van der Waals surface area contributed by atoms with E-state index < -0.39 is 0 Å². The van der Waals surface area contributed by atoms with E-state index in [4.69, 9.17) is 0 Å². The summed E-state index contributed by atoms with van der Waals surface area (Å²) in [5, 5.41) is 10.5.